The molecule has 0 aliphatic rings. The van der Waals surface area contributed by atoms with Crippen molar-refractivity contribution in [2.24, 2.45) is 0 Å². The highest BCUT2D eigenvalue weighted by Crippen LogP contribution is 2.39. The average molecular weight is 860 g/mol. The predicted molar refractivity (Wildman–Crippen MR) is 239 cm³/mol. The third kappa shape index (κ3) is 17.2. The van der Waals surface area contributed by atoms with Crippen molar-refractivity contribution in [2.45, 2.75) is 84.0 Å². The van der Waals surface area contributed by atoms with Crippen LogP contribution in [-0.4, -0.2) is 56.9 Å². The topological polar surface area (TPSA) is 157 Å². The summed E-state index contributed by atoms with van der Waals surface area (Å²) in [4.78, 5) is 50.8. The van der Waals surface area contributed by atoms with Crippen LogP contribution in [0.2, 0.25) is 0 Å². The van der Waals surface area contributed by atoms with E-state index in [1.807, 2.05) is 36.4 Å². The van der Waals surface area contributed by atoms with Gasteiger partial charge < -0.3 is 33.2 Å². The second-order valence-corrected chi connectivity index (χ2v) is 14.5. The Bertz CT molecular complexity index is 2120. The number of carbonyl (C=O) groups is 4. The maximum Gasteiger partial charge on any atom is 0.345 e. The van der Waals surface area contributed by atoms with Crippen LogP contribution in [0.3, 0.4) is 0 Å². The normalized spacial score (nSPS) is 10.5. The van der Waals surface area contributed by atoms with Crippen LogP contribution in [0, 0.1) is 11.3 Å². The Morgan fingerprint density at radius 1 is 0.524 bits per heavy atom. The average Bonchev–Trinajstić information content (AvgIpc) is 3.31. The number of ether oxygens (including phenoxy) is 7. The van der Waals surface area contributed by atoms with Gasteiger partial charge in [0.2, 0.25) is 0 Å². The number of nitriles is 1. The largest absolute Gasteiger partial charge is 0.494 e. The summed E-state index contributed by atoms with van der Waals surface area (Å²) in [6.07, 6.45) is 12.1. The third-order valence-corrected chi connectivity index (χ3v) is 9.67. The van der Waals surface area contributed by atoms with Crippen LogP contribution in [0.25, 0.3) is 11.1 Å². The number of hydrogen-bond donors (Lipinski definition) is 0. The minimum Gasteiger partial charge on any atom is -0.494 e. The van der Waals surface area contributed by atoms with E-state index in [2.05, 4.69) is 26.2 Å². The van der Waals surface area contributed by atoms with Gasteiger partial charge in [-0.15, -0.1) is 0 Å². The lowest BCUT2D eigenvalue weighted by Crippen LogP contribution is -2.17. The second kappa shape index (κ2) is 27.9. The number of unbranched alkanes of at least 4 members (excludes halogenated alkanes) is 9. The minimum absolute atomic E-state index is 0.116. The van der Waals surface area contributed by atoms with Crippen molar-refractivity contribution >= 4 is 23.9 Å². The van der Waals surface area contributed by atoms with Gasteiger partial charge in [0.15, 0.2) is 11.5 Å². The molecule has 0 unspecified atom stereocenters. The molecule has 0 aliphatic heterocycles. The Morgan fingerprint density at radius 2 is 1.02 bits per heavy atom. The number of hydrogen-bond acceptors (Lipinski definition) is 12. The highest BCUT2D eigenvalue weighted by molar-refractivity contribution is 5.99. The van der Waals surface area contributed by atoms with E-state index >= 15 is 0 Å². The molecule has 0 amide bonds. The Balaban J connectivity index is 1.33. The monoisotopic (exact) mass is 859 g/mol. The smallest absolute Gasteiger partial charge is 0.345 e. The van der Waals surface area contributed by atoms with Gasteiger partial charge in [0.05, 0.1) is 50.2 Å². The van der Waals surface area contributed by atoms with E-state index in [-0.39, 0.29) is 41.6 Å². The maximum absolute atomic E-state index is 13.7. The van der Waals surface area contributed by atoms with E-state index < -0.39 is 23.9 Å². The summed E-state index contributed by atoms with van der Waals surface area (Å²) in [6, 6.07) is 26.7. The van der Waals surface area contributed by atoms with Gasteiger partial charge in [0.1, 0.15) is 22.8 Å². The van der Waals surface area contributed by atoms with Gasteiger partial charge in [0, 0.05) is 12.2 Å². The molecule has 0 saturated heterocycles. The quantitative estimate of drug-likeness (QED) is 0.0221. The fourth-order valence-electron chi connectivity index (χ4n) is 6.18. The maximum atomic E-state index is 13.7. The van der Waals surface area contributed by atoms with Crippen molar-refractivity contribution < 1.29 is 52.3 Å². The number of benzene rings is 4. The molecule has 12 nitrogen and oxygen atoms in total. The zero-order chi connectivity index (χ0) is 45.1. The Labute approximate surface area is 370 Å². The summed E-state index contributed by atoms with van der Waals surface area (Å²) in [5.41, 5.74) is 2.70. The molecule has 0 saturated carbocycles. The Kier molecular flexibility index (Phi) is 21.6. The van der Waals surface area contributed by atoms with Crippen LogP contribution in [0.15, 0.2) is 110 Å². The van der Waals surface area contributed by atoms with Crippen molar-refractivity contribution in [3.8, 4) is 45.9 Å². The van der Waals surface area contributed by atoms with E-state index in [0.717, 1.165) is 93.2 Å². The van der Waals surface area contributed by atoms with E-state index in [1.165, 1.54) is 12.1 Å². The SMILES string of the molecule is C=CC(=O)OCCCCCCOc1ccc(C(=O)Oc2ccc(OCCCCCCOc3ccc(-c4ccc(C#N)cc4)cc3)c(C(=O)OCCCCCC)c2OC(=O)C=C)cc1. The standard InChI is InChI=1S/C51H57NO11/c1-4-7-8-13-36-61-51(56)48-44(59-34-16-11-9-14-32-57-42-26-22-40(23-27-42)39-20-18-38(37-52)19-21-39)30-31-45(49(48)63-47(54)6-3)62-50(55)41-24-28-43(29-25-41)58-33-15-10-12-17-35-60-46(53)5-2/h5-6,18-31H,2-4,7-17,32-36H2,1H3. The first kappa shape index (κ1) is 48.8. The molecule has 0 aromatic heterocycles. The van der Waals surface area contributed by atoms with E-state index in [4.69, 9.17) is 38.4 Å². The predicted octanol–water partition coefficient (Wildman–Crippen LogP) is 11.0. The van der Waals surface area contributed by atoms with Gasteiger partial charge in [-0.3, -0.25) is 0 Å². The van der Waals surface area contributed by atoms with Crippen LogP contribution in [0.4, 0.5) is 0 Å². The lowest BCUT2D eigenvalue weighted by atomic mass is 10.0. The van der Waals surface area contributed by atoms with Crippen molar-refractivity contribution in [1.82, 2.24) is 0 Å². The summed E-state index contributed by atoms with van der Waals surface area (Å²) in [7, 11) is 0. The fraction of sp³-hybridized carbons (Fsp3) is 0.353. The van der Waals surface area contributed by atoms with Gasteiger partial charge in [-0.25, -0.2) is 19.2 Å². The Hall–Kier alpha value is -6.87. The molecule has 0 radical (unpaired) electrons. The molecule has 63 heavy (non-hydrogen) atoms. The van der Waals surface area contributed by atoms with Crippen molar-refractivity contribution in [1.29, 1.82) is 5.26 Å². The molecule has 0 atom stereocenters. The number of rotatable bonds is 29. The summed E-state index contributed by atoms with van der Waals surface area (Å²) in [5.74, 6) is -1.88. The number of carbonyl (C=O) groups excluding carboxylic acids is 4. The van der Waals surface area contributed by atoms with Crippen molar-refractivity contribution in [3.05, 3.63) is 127 Å². The first-order valence-corrected chi connectivity index (χ1v) is 21.5. The van der Waals surface area contributed by atoms with Crippen LogP contribution in [-0.2, 0) is 19.1 Å². The molecule has 4 aromatic rings. The molecular weight excluding hydrogens is 803 g/mol. The van der Waals surface area contributed by atoms with Crippen molar-refractivity contribution in [2.75, 3.05) is 33.0 Å². The van der Waals surface area contributed by atoms with Gasteiger partial charge >= 0.3 is 23.9 Å². The van der Waals surface area contributed by atoms with Crippen LogP contribution < -0.4 is 23.7 Å². The number of nitrogens with zero attached hydrogens (tertiary/aromatic N) is 1. The highest BCUT2D eigenvalue weighted by Gasteiger charge is 2.28. The highest BCUT2D eigenvalue weighted by atomic mass is 16.6. The summed E-state index contributed by atoms with van der Waals surface area (Å²) >= 11 is 0. The molecule has 0 fully saturated rings. The Morgan fingerprint density at radius 3 is 1.57 bits per heavy atom. The fourth-order valence-corrected chi connectivity index (χ4v) is 6.18. The third-order valence-electron chi connectivity index (χ3n) is 9.67. The molecule has 0 heterocycles. The van der Waals surface area contributed by atoms with Gasteiger partial charge in [-0.1, -0.05) is 63.6 Å². The zero-order valence-corrected chi connectivity index (χ0v) is 36.1. The van der Waals surface area contributed by atoms with Crippen LogP contribution in [0.1, 0.15) is 110 Å². The zero-order valence-electron chi connectivity index (χ0n) is 36.1. The summed E-state index contributed by atoms with van der Waals surface area (Å²) < 4.78 is 39.7. The number of esters is 4. The van der Waals surface area contributed by atoms with E-state index in [1.54, 1.807) is 36.4 Å². The first-order chi connectivity index (χ1) is 30.8. The molecule has 12 heteroatoms. The molecule has 332 valence electrons. The van der Waals surface area contributed by atoms with Gasteiger partial charge in [-0.2, -0.15) is 5.26 Å². The van der Waals surface area contributed by atoms with Gasteiger partial charge in [-0.05, 0) is 130 Å². The molecule has 0 N–H and O–H groups in total. The molecule has 0 spiro atoms. The molecule has 4 aromatic carbocycles. The van der Waals surface area contributed by atoms with Crippen LogP contribution >= 0.6 is 0 Å². The second-order valence-electron chi connectivity index (χ2n) is 14.5. The van der Waals surface area contributed by atoms with Gasteiger partial charge in [0.25, 0.3) is 0 Å². The lowest BCUT2D eigenvalue weighted by molar-refractivity contribution is -0.137. The van der Waals surface area contributed by atoms with Crippen LogP contribution in [0.5, 0.6) is 28.7 Å². The summed E-state index contributed by atoms with van der Waals surface area (Å²) in [5, 5.41) is 9.04. The van der Waals surface area contributed by atoms with Crippen molar-refractivity contribution in [3.63, 3.8) is 0 Å². The first-order valence-electron chi connectivity index (χ1n) is 21.5. The molecule has 4 rings (SSSR count). The minimum atomic E-state index is -0.872. The van der Waals surface area contributed by atoms with E-state index in [0.29, 0.717) is 44.0 Å². The molecule has 0 bridgehead atoms. The molecular formula is C51H57NO11. The molecule has 0 aliphatic carbocycles. The summed E-state index contributed by atoms with van der Waals surface area (Å²) in [6.45, 7) is 10.7. The lowest BCUT2D eigenvalue weighted by Gasteiger charge is -2.18. The van der Waals surface area contributed by atoms with E-state index in [9.17, 15) is 19.2 Å².